The molecule has 2 aromatic heterocycles. The summed E-state index contributed by atoms with van der Waals surface area (Å²) in [5, 5.41) is 2.73. The van der Waals surface area contributed by atoms with Gasteiger partial charge in [-0.3, -0.25) is 9.13 Å². The Morgan fingerprint density at radius 1 is 1.12 bits per heavy atom. The fraction of sp³-hybridized carbons (Fsp3) is 0.190. The normalized spacial score (nSPS) is 12.4. The molecule has 1 atom stereocenters. The van der Waals surface area contributed by atoms with Crippen molar-refractivity contribution in [3.8, 4) is 5.69 Å². The number of nitrogens with two attached hydrogens (primary N) is 2. The summed E-state index contributed by atoms with van der Waals surface area (Å²) in [5.74, 6) is -1.66. The second kappa shape index (κ2) is 8.83. The molecule has 2 aromatic carbocycles. The lowest BCUT2D eigenvalue weighted by molar-refractivity contribution is 0.563. The average Bonchev–Trinajstić information content (AvgIpc) is 3.04. The summed E-state index contributed by atoms with van der Waals surface area (Å²) in [4.78, 5) is 21.8. The number of nitrogens with one attached hydrogen (secondary N) is 1. The van der Waals surface area contributed by atoms with Gasteiger partial charge < -0.3 is 21.3 Å². The molecule has 0 saturated heterocycles. The molecule has 0 bridgehead atoms. The molecule has 0 spiro atoms. The van der Waals surface area contributed by atoms with Gasteiger partial charge in [-0.25, -0.2) is 17.8 Å². The highest BCUT2D eigenvalue weighted by molar-refractivity contribution is 7.78. The van der Waals surface area contributed by atoms with E-state index in [1.165, 1.54) is 33.4 Å². The first-order valence-corrected chi connectivity index (χ1v) is 11.3. The van der Waals surface area contributed by atoms with Crippen LogP contribution in [0, 0.1) is 11.6 Å². The number of aromatic nitrogens is 4. The van der Waals surface area contributed by atoms with Crippen LogP contribution in [0.3, 0.4) is 0 Å². The number of rotatable bonds is 6. The van der Waals surface area contributed by atoms with E-state index in [9.17, 15) is 17.8 Å². The maximum Gasteiger partial charge on any atom is 0.335 e. The van der Waals surface area contributed by atoms with E-state index in [0.717, 1.165) is 12.1 Å². The third-order valence-electron chi connectivity index (χ3n) is 5.07. The lowest BCUT2D eigenvalue weighted by atomic mass is 10.2. The Balaban J connectivity index is 1.85. The van der Waals surface area contributed by atoms with Crippen molar-refractivity contribution in [2.75, 3.05) is 16.8 Å². The average molecular weight is 490 g/mol. The van der Waals surface area contributed by atoms with Crippen LogP contribution in [0.15, 0.2) is 41.2 Å². The zero-order valence-electron chi connectivity index (χ0n) is 18.1. The van der Waals surface area contributed by atoms with Crippen LogP contribution in [0.1, 0.15) is 25.5 Å². The number of hydrogen-bond acceptors (Lipinski definition) is 7. The Kier molecular flexibility index (Phi) is 6.06. The van der Waals surface area contributed by atoms with E-state index in [1.807, 2.05) is 0 Å². The van der Waals surface area contributed by atoms with E-state index in [-0.39, 0.29) is 51.8 Å². The molecular formula is C21H21F2N7O3S. The van der Waals surface area contributed by atoms with Crippen molar-refractivity contribution in [3.05, 3.63) is 64.1 Å². The van der Waals surface area contributed by atoms with Crippen LogP contribution in [0.25, 0.3) is 16.9 Å². The largest absolute Gasteiger partial charge is 0.396 e. The Labute approximate surface area is 194 Å². The molecule has 0 saturated carbocycles. The number of imidazole rings is 1. The van der Waals surface area contributed by atoms with Crippen LogP contribution in [0.5, 0.6) is 0 Å². The van der Waals surface area contributed by atoms with Crippen molar-refractivity contribution >= 4 is 45.4 Å². The van der Waals surface area contributed by atoms with E-state index in [4.69, 9.17) is 16.0 Å². The minimum absolute atomic E-state index is 0.00964. The monoisotopic (exact) mass is 489 g/mol. The summed E-state index contributed by atoms with van der Waals surface area (Å²) in [6.07, 6.45) is 0. The lowest BCUT2D eigenvalue weighted by Gasteiger charge is -2.10. The molecular weight excluding hydrogens is 468 g/mol. The fourth-order valence-corrected chi connectivity index (χ4v) is 4.04. The molecule has 4 aromatic rings. The number of halogens is 2. The molecule has 0 aliphatic carbocycles. The van der Waals surface area contributed by atoms with E-state index >= 15 is 0 Å². The van der Waals surface area contributed by atoms with Gasteiger partial charge in [-0.05, 0) is 49.7 Å². The van der Waals surface area contributed by atoms with Gasteiger partial charge in [-0.1, -0.05) is 6.07 Å². The zero-order valence-corrected chi connectivity index (χ0v) is 18.9. The molecule has 10 nitrogen and oxygen atoms in total. The first-order chi connectivity index (χ1) is 16.1. The number of fused-ring (bicyclic) bond motifs is 1. The first kappa shape index (κ1) is 23.3. The number of nitrogens with zero attached hydrogens (tertiary/aromatic N) is 4. The Morgan fingerprint density at radius 2 is 1.85 bits per heavy atom. The second-order valence-corrected chi connectivity index (χ2v) is 8.73. The summed E-state index contributed by atoms with van der Waals surface area (Å²) in [5.41, 5.74) is 12.3. The first-order valence-electron chi connectivity index (χ1n) is 10.1. The standard InChI is InChI=1S/C21H21F2N7O3S/c1-10(2)29-19-17(30(21(29)31)12-4-5-13(22)15(24)8-12)18(25)27-20(28-19)26-16-6-3-11(7-14(16)23)9-34(32)33/h3-8,10H,9,24H2,1-2H3,(H,32,33)(H3,25,26,27,28). The Hall–Kier alpha value is -3.84. The molecule has 2 heterocycles. The maximum atomic E-state index is 14.5. The quantitative estimate of drug-likeness (QED) is 0.238. The Bertz CT molecular complexity index is 1500. The van der Waals surface area contributed by atoms with E-state index in [0.29, 0.717) is 5.56 Å². The highest BCUT2D eigenvalue weighted by Crippen LogP contribution is 2.27. The van der Waals surface area contributed by atoms with Crippen LogP contribution < -0.4 is 22.5 Å². The van der Waals surface area contributed by atoms with Crippen molar-refractivity contribution in [3.63, 3.8) is 0 Å². The van der Waals surface area contributed by atoms with Crippen molar-refractivity contribution in [1.82, 2.24) is 19.1 Å². The zero-order chi connectivity index (χ0) is 24.7. The van der Waals surface area contributed by atoms with Crippen LogP contribution in [-0.4, -0.2) is 27.9 Å². The summed E-state index contributed by atoms with van der Waals surface area (Å²) in [6.45, 7) is 3.55. The smallest absolute Gasteiger partial charge is 0.335 e. The predicted octanol–water partition coefficient (Wildman–Crippen LogP) is 3.07. The van der Waals surface area contributed by atoms with Crippen LogP contribution in [0.2, 0.25) is 0 Å². The van der Waals surface area contributed by atoms with E-state index < -0.39 is 28.4 Å². The molecule has 0 aliphatic heterocycles. The second-order valence-electron chi connectivity index (χ2n) is 7.80. The topological polar surface area (TPSA) is 154 Å². The SMILES string of the molecule is CC(C)n1c(=O)n(-c2ccc(F)c(N)c2)c2c(N)nc(Nc3ccc(CS(=O)O)cc3F)nc21. The summed E-state index contributed by atoms with van der Waals surface area (Å²) >= 11 is -2.11. The van der Waals surface area contributed by atoms with E-state index in [1.54, 1.807) is 13.8 Å². The molecule has 6 N–H and O–H groups in total. The van der Waals surface area contributed by atoms with Gasteiger partial charge in [0, 0.05) is 6.04 Å². The van der Waals surface area contributed by atoms with Crippen LogP contribution in [-0.2, 0) is 16.8 Å². The fourth-order valence-electron chi connectivity index (χ4n) is 3.58. The summed E-state index contributed by atoms with van der Waals surface area (Å²) < 4.78 is 50.8. The molecule has 13 heteroatoms. The van der Waals surface area contributed by atoms with Gasteiger partial charge in [0.1, 0.15) is 17.2 Å². The minimum atomic E-state index is -2.11. The number of benzene rings is 2. The molecule has 34 heavy (non-hydrogen) atoms. The third kappa shape index (κ3) is 4.22. The number of nitrogen functional groups attached to an aromatic ring is 2. The summed E-state index contributed by atoms with van der Waals surface area (Å²) in [7, 11) is 0. The molecule has 4 rings (SSSR count). The highest BCUT2D eigenvalue weighted by Gasteiger charge is 2.22. The van der Waals surface area contributed by atoms with Gasteiger partial charge in [0.25, 0.3) is 0 Å². The van der Waals surface area contributed by atoms with Crippen molar-refractivity contribution < 1.29 is 17.5 Å². The van der Waals surface area contributed by atoms with Crippen molar-refractivity contribution in [2.24, 2.45) is 0 Å². The van der Waals surface area contributed by atoms with Crippen molar-refractivity contribution in [1.29, 1.82) is 0 Å². The highest BCUT2D eigenvalue weighted by atomic mass is 32.2. The third-order valence-corrected chi connectivity index (χ3v) is 5.65. The van der Waals surface area contributed by atoms with Crippen molar-refractivity contribution in [2.45, 2.75) is 25.6 Å². The molecule has 0 fully saturated rings. The van der Waals surface area contributed by atoms with Gasteiger partial charge in [-0.15, -0.1) is 0 Å². The van der Waals surface area contributed by atoms with Gasteiger partial charge in [-0.2, -0.15) is 9.97 Å². The molecule has 1 unspecified atom stereocenters. The van der Waals surface area contributed by atoms with Crippen LogP contribution in [0.4, 0.5) is 31.9 Å². The van der Waals surface area contributed by atoms with Gasteiger partial charge in [0.05, 0.1) is 22.8 Å². The molecule has 178 valence electrons. The maximum absolute atomic E-state index is 14.5. The number of anilines is 4. The van der Waals surface area contributed by atoms with Gasteiger partial charge in [0.2, 0.25) is 5.95 Å². The van der Waals surface area contributed by atoms with Gasteiger partial charge >= 0.3 is 5.69 Å². The predicted molar refractivity (Wildman–Crippen MR) is 126 cm³/mol. The summed E-state index contributed by atoms with van der Waals surface area (Å²) in [6, 6.07) is 7.50. The minimum Gasteiger partial charge on any atom is -0.396 e. The molecule has 0 radical (unpaired) electrons. The number of hydrogen-bond donors (Lipinski definition) is 4. The Morgan fingerprint density at radius 3 is 2.47 bits per heavy atom. The lowest BCUT2D eigenvalue weighted by Crippen LogP contribution is -2.24. The molecule has 0 aliphatic rings. The van der Waals surface area contributed by atoms with Gasteiger partial charge in [0.15, 0.2) is 22.5 Å². The molecule has 0 amide bonds. The van der Waals surface area contributed by atoms with Crippen LogP contribution >= 0.6 is 0 Å². The van der Waals surface area contributed by atoms with E-state index in [2.05, 4.69) is 15.3 Å².